The molecule has 5 nitrogen and oxygen atoms in total. The number of nitro benzene ring substituents is 1. The van der Waals surface area contributed by atoms with E-state index in [1.807, 2.05) is 0 Å². The molecule has 0 bridgehead atoms. The fourth-order valence-corrected chi connectivity index (χ4v) is 2.21. The van der Waals surface area contributed by atoms with Crippen molar-refractivity contribution in [1.82, 2.24) is 5.32 Å². The average Bonchev–Trinajstić information content (AvgIpc) is 2.82. The molecule has 1 N–H and O–H groups in total. The lowest BCUT2D eigenvalue weighted by Gasteiger charge is -2.10. The first-order valence-electron chi connectivity index (χ1n) is 5.94. The Morgan fingerprint density at radius 1 is 1.56 bits per heavy atom. The van der Waals surface area contributed by atoms with E-state index in [9.17, 15) is 10.1 Å². The summed E-state index contributed by atoms with van der Waals surface area (Å²) in [6.07, 6.45) is 2.04. The topological polar surface area (TPSA) is 64.4 Å². The Kier molecular flexibility index (Phi) is 4.38. The molecule has 2 rings (SSSR count). The van der Waals surface area contributed by atoms with Gasteiger partial charge in [0, 0.05) is 17.2 Å². The van der Waals surface area contributed by atoms with Crippen molar-refractivity contribution in [2.24, 2.45) is 5.92 Å². The molecule has 0 amide bonds. The van der Waals surface area contributed by atoms with E-state index in [4.69, 9.17) is 16.3 Å². The highest BCUT2D eigenvalue weighted by Gasteiger charge is 2.17. The van der Waals surface area contributed by atoms with Gasteiger partial charge < -0.3 is 10.1 Å². The zero-order valence-corrected chi connectivity index (χ0v) is 10.7. The first-order valence-corrected chi connectivity index (χ1v) is 6.32. The van der Waals surface area contributed by atoms with Crippen LogP contribution in [0.4, 0.5) is 5.69 Å². The fourth-order valence-electron chi connectivity index (χ4n) is 2.05. The third-order valence-corrected chi connectivity index (χ3v) is 3.30. The van der Waals surface area contributed by atoms with Crippen molar-refractivity contribution in [2.75, 3.05) is 19.7 Å². The molecule has 98 valence electrons. The van der Waals surface area contributed by atoms with Gasteiger partial charge in [-0.2, -0.15) is 0 Å². The summed E-state index contributed by atoms with van der Waals surface area (Å²) in [7, 11) is 0. The second kappa shape index (κ2) is 6.02. The molecule has 0 saturated carbocycles. The van der Waals surface area contributed by atoms with Crippen LogP contribution in [0.1, 0.15) is 12.8 Å². The summed E-state index contributed by atoms with van der Waals surface area (Å²) < 4.78 is 5.49. The average molecular weight is 271 g/mol. The van der Waals surface area contributed by atoms with E-state index in [1.165, 1.54) is 18.2 Å². The van der Waals surface area contributed by atoms with Gasteiger partial charge in [-0.1, -0.05) is 11.6 Å². The normalized spacial score (nSPS) is 18.8. The van der Waals surface area contributed by atoms with Gasteiger partial charge in [-0.15, -0.1) is 0 Å². The number of hydrogen-bond donors (Lipinski definition) is 1. The number of rotatable bonds is 5. The van der Waals surface area contributed by atoms with Gasteiger partial charge in [-0.3, -0.25) is 10.1 Å². The first kappa shape index (κ1) is 13.1. The van der Waals surface area contributed by atoms with Crippen molar-refractivity contribution in [2.45, 2.75) is 12.8 Å². The Morgan fingerprint density at radius 2 is 2.39 bits per heavy atom. The predicted octanol–water partition coefficient (Wildman–Crippen LogP) is 2.63. The van der Waals surface area contributed by atoms with Crippen LogP contribution in [-0.2, 0) is 0 Å². The molecule has 1 heterocycles. The van der Waals surface area contributed by atoms with E-state index in [0.29, 0.717) is 17.5 Å². The van der Waals surface area contributed by atoms with Crippen molar-refractivity contribution < 1.29 is 9.66 Å². The van der Waals surface area contributed by atoms with Crippen LogP contribution in [0, 0.1) is 16.0 Å². The summed E-state index contributed by atoms with van der Waals surface area (Å²) in [5.41, 5.74) is -0.0380. The number of halogens is 1. The van der Waals surface area contributed by atoms with E-state index in [2.05, 4.69) is 5.32 Å². The quantitative estimate of drug-likeness (QED) is 0.660. The van der Waals surface area contributed by atoms with Crippen LogP contribution in [-0.4, -0.2) is 24.6 Å². The van der Waals surface area contributed by atoms with Gasteiger partial charge in [0.1, 0.15) is 0 Å². The van der Waals surface area contributed by atoms with Gasteiger partial charge in [0.15, 0.2) is 5.75 Å². The Labute approximate surface area is 110 Å². The number of ether oxygens (including phenoxy) is 1. The molecule has 1 aromatic rings. The molecule has 0 radical (unpaired) electrons. The lowest BCUT2D eigenvalue weighted by atomic mass is 10.1. The second-order valence-corrected chi connectivity index (χ2v) is 4.80. The van der Waals surface area contributed by atoms with Crippen LogP contribution in [0.2, 0.25) is 5.02 Å². The van der Waals surface area contributed by atoms with Crippen LogP contribution in [0.5, 0.6) is 5.75 Å². The smallest absolute Gasteiger partial charge is 0.311 e. The maximum atomic E-state index is 10.8. The minimum Gasteiger partial charge on any atom is -0.487 e. The van der Waals surface area contributed by atoms with Crippen molar-refractivity contribution in [3.05, 3.63) is 33.3 Å². The third kappa shape index (κ3) is 3.34. The fraction of sp³-hybridized carbons (Fsp3) is 0.500. The highest BCUT2D eigenvalue weighted by Crippen LogP contribution is 2.30. The first-order chi connectivity index (χ1) is 8.66. The van der Waals surface area contributed by atoms with Crippen LogP contribution in [0.25, 0.3) is 0 Å². The van der Waals surface area contributed by atoms with Crippen LogP contribution in [0.3, 0.4) is 0 Å². The van der Waals surface area contributed by atoms with E-state index in [0.717, 1.165) is 25.9 Å². The lowest BCUT2D eigenvalue weighted by molar-refractivity contribution is -0.385. The molecule has 1 aromatic carbocycles. The summed E-state index contributed by atoms with van der Waals surface area (Å²) >= 11 is 5.81. The van der Waals surface area contributed by atoms with Gasteiger partial charge in [-0.05, 0) is 37.9 Å². The summed E-state index contributed by atoms with van der Waals surface area (Å²) in [4.78, 5) is 10.4. The monoisotopic (exact) mass is 270 g/mol. The molecule has 1 unspecified atom stereocenters. The molecule has 18 heavy (non-hydrogen) atoms. The van der Waals surface area contributed by atoms with Crippen molar-refractivity contribution in [3.63, 3.8) is 0 Å². The molecule has 1 atom stereocenters. The van der Waals surface area contributed by atoms with Crippen LogP contribution >= 0.6 is 11.6 Å². The van der Waals surface area contributed by atoms with Gasteiger partial charge in [0.25, 0.3) is 0 Å². The molecular weight excluding hydrogens is 256 g/mol. The maximum absolute atomic E-state index is 10.8. The number of hydrogen-bond acceptors (Lipinski definition) is 4. The van der Waals surface area contributed by atoms with E-state index >= 15 is 0 Å². The zero-order chi connectivity index (χ0) is 13.0. The number of benzene rings is 1. The van der Waals surface area contributed by atoms with Gasteiger partial charge >= 0.3 is 5.69 Å². The van der Waals surface area contributed by atoms with Crippen molar-refractivity contribution >= 4 is 17.3 Å². The van der Waals surface area contributed by atoms with E-state index < -0.39 is 4.92 Å². The molecule has 6 heteroatoms. The Morgan fingerprint density at radius 3 is 3.06 bits per heavy atom. The molecular formula is C12H15ClN2O3. The third-order valence-electron chi connectivity index (χ3n) is 3.06. The number of nitro groups is 1. The van der Waals surface area contributed by atoms with Crippen LogP contribution in [0.15, 0.2) is 18.2 Å². The van der Waals surface area contributed by atoms with Gasteiger partial charge in [-0.25, -0.2) is 0 Å². The molecule has 1 aliphatic rings. The molecule has 0 spiro atoms. The Bertz CT molecular complexity index is 433. The number of nitrogens with zero attached hydrogens (tertiary/aromatic N) is 1. The molecule has 1 fully saturated rings. The second-order valence-electron chi connectivity index (χ2n) is 4.37. The highest BCUT2D eigenvalue weighted by atomic mass is 35.5. The number of nitrogens with one attached hydrogen (secondary N) is 1. The maximum Gasteiger partial charge on any atom is 0.311 e. The Balaban J connectivity index is 1.94. The zero-order valence-electron chi connectivity index (χ0n) is 9.89. The largest absolute Gasteiger partial charge is 0.487 e. The van der Waals surface area contributed by atoms with E-state index in [1.54, 1.807) is 0 Å². The van der Waals surface area contributed by atoms with Crippen LogP contribution < -0.4 is 10.1 Å². The molecule has 0 aliphatic carbocycles. The standard InChI is InChI=1S/C12H15ClN2O3/c13-10-1-2-11(15(16)17)12(7-10)18-6-4-9-3-5-14-8-9/h1-2,7,9,14H,3-6,8H2. The van der Waals surface area contributed by atoms with E-state index in [-0.39, 0.29) is 11.4 Å². The van der Waals surface area contributed by atoms with Crippen molar-refractivity contribution in [1.29, 1.82) is 0 Å². The van der Waals surface area contributed by atoms with Gasteiger partial charge in [0.2, 0.25) is 0 Å². The Hall–Kier alpha value is -1.33. The molecule has 0 aromatic heterocycles. The van der Waals surface area contributed by atoms with Crippen molar-refractivity contribution in [3.8, 4) is 5.75 Å². The minimum atomic E-state index is -0.456. The lowest BCUT2D eigenvalue weighted by Crippen LogP contribution is -2.12. The summed E-state index contributed by atoms with van der Waals surface area (Å²) in [5, 5.41) is 14.5. The predicted molar refractivity (Wildman–Crippen MR) is 69.2 cm³/mol. The summed E-state index contributed by atoms with van der Waals surface area (Å²) in [6, 6.07) is 4.36. The van der Waals surface area contributed by atoms with Gasteiger partial charge in [0.05, 0.1) is 11.5 Å². The summed E-state index contributed by atoms with van der Waals surface area (Å²) in [6.45, 7) is 2.52. The summed E-state index contributed by atoms with van der Waals surface area (Å²) in [5.74, 6) is 0.849. The minimum absolute atomic E-state index is 0.0380. The SMILES string of the molecule is O=[N+]([O-])c1ccc(Cl)cc1OCCC1CCNC1. The molecule has 1 saturated heterocycles. The highest BCUT2D eigenvalue weighted by molar-refractivity contribution is 6.30. The molecule has 1 aliphatic heterocycles.